The minimum absolute atomic E-state index is 0.0682. The van der Waals surface area contributed by atoms with Crippen LogP contribution in [0.5, 0.6) is 5.75 Å². The van der Waals surface area contributed by atoms with Crippen molar-refractivity contribution < 1.29 is 40.1 Å². The third-order valence-corrected chi connectivity index (χ3v) is 6.03. The van der Waals surface area contributed by atoms with Gasteiger partial charge < -0.3 is 19.0 Å². The van der Waals surface area contributed by atoms with Gasteiger partial charge in [0.25, 0.3) is 5.91 Å². The summed E-state index contributed by atoms with van der Waals surface area (Å²) in [7, 11) is -3.30. The maximum atomic E-state index is 12.7. The molecule has 0 spiro atoms. The quantitative estimate of drug-likeness (QED) is 0.348. The van der Waals surface area contributed by atoms with Crippen molar-refractivity contribution in [3.63, 3.8) is 0 Å². The average molecular weight is 523 g/mol. The number of amides is 1. The topological polar surface area (TPSA) is 125 Å². The van der Waals surface area contributed by atoms with Crippen LogP contribution in [0.1, 0.15) is 22.9 Å². The zero-order valence-electron chi connectivity index (χ0n) is 18.8. The van der Waals surface area contributed by atoms with Gasteiger partial charge in [-0.3, -0.25) is 4.79 Å². The van der Waals surface area contributed by atoms with E-state index in [2.05, 4.69) is 20.0 Å². The van der Waals surface area contributed by atoms with Crippen LogP contribution in [0.4, 0.5) is 13.2 Å². The number of hydrogen-bond donors (Lipinski definition) is 1. The molecule has 1 N–H and O–H groups in total. The molecule has 0 radical (unpaired) electrons. The largest absolute Gasteiger partial charge is 0.491 e. The molecule has 0 aliphatic heterocycles. The van der Waals surface area contributed by atoms with Gasteiger partial charge in [0.1, 0.15) is 27.8 Å². The Hall–Kier alpha value is -3.87. The van der Waals surface area contributed by atoms with Crippen molar-refractivity contribution in [2.75, 3.05) is 18.6 Å². The molecule has 0 bridgehead atoms. The third kappa shape index (κ3) is 6.42. The Bertz CT molecular complexity index is 1430. The molecule has 9 nitrogen and oxygen atoms in total. The van der Waals surface area contributed by atoms with Crippen LogP contribution in [-0.2, 0) is 16.0 Å². The fraction of sp³-hybridized carbons (Fsp3) is 0.261. The van der Waals surface area contributed by atoms with Crippen molar-refractivity contribution >= 4 is 26.7 Å². The van der Waals surface area contributed by atoms with E-state index < -0.39 is 33.9 Å². The molecule has 2 aromatic carbocycles. The summed E-state index contributed by atoms with van der Waals surface area (Å²) in [5.74, 6) is -1.99. The highest BCUT2D eigenvalue weighted by atomic mass is 32.2. The number of ether oxygens (including phenoxy) is 1. The number of aromatic nitrogens is 2. The first-order chi connectivity index (χ1) is 17.0. The fourth-order valence-corrected chi connectivity index (χ4v) is 3.97. The minimum atomic E-state index is -4.75. The molecule has 0 aliphatic rings. The molecule has 2 aromatic heterocycles. The molecule has 2 heterocycles. The number of nitrogens with zero attached hydrogens (tertiary/aromatic N) is 2. The first-order valence-electron chi connectivity index (χ1n) is 10.6. The standard InChI is InChI=1S/C23H20F3N3O6S/c1-36(31,32)11-10-16(27-21(30)19-12-15-4-2-3-5-18(15)34-19)13-33-17-8-6-14(7-9-17)20-28-22(35-29-20)23(24,25)26/h2-9,12,16H,10-11,13H2,1H3,(H,27,30). The molecule has 0 aliphatic carbocycles. The van der Waals surface area contributed by atoms with Gasteiger partial charge in [-0.05, 0) is 42.8 Å². The average Bonchev–Trinajstić information content (AvgIpc) is 3.48. The third-order valence-electron chi connectivity index (χ3n) is 5.05. The van der Waals surface area contributed by atoms with E-state index in [-0.39, 0.29) is 35.9 Å². The Kier molecular flexibility index (Phi) is 7.02. The summed E-state index contributed by atoms with van der Waals surface area (Å²) in [6, 6.07) is 13.8. The van der Waals surface area contributed by atoms with Crippen LogP contribution in [0.25, 0.3) is 22.4 Å². The van der Waals surface area contributed by atoms with Gasteiger partial charge in [0.05, 0.1) is 11.8 Å². The summed E-state index contributed by atoms with van der Waals surface area (Å²) in [4.78, 5) is 16.0. The summed E-state index contributed by atoms with van der Waals surface area (Å²) >= 11 is 0. The molecular formula is C23H20F3N3O6S. The van der Waals surface area contributed by atoms with Gasteiger partial charge in [0, 0.05) is 17.2 Å². The number of fused-ring (bicyclic) bond motifs is 1. The van der Waals surface area contributed by atoms with E-state index in [9.17, 15) is 26.4 Å². The predicted molar refractivity (Wildman–Crippen MR) is 122 cm³/mol. The lowest BCUT2D eigenvalue weighted by Gasteiger charge is -2.18. The molecule has 36 heavy (non-hydrogen) atoms. The summed E-state index contributed by atoms with van der Waals surface area (Å²) in [6.07, 6.45) is -3.57. The first-order valence-corrected chi connectivity index (χ1v) is 12.7. The number of carbonyl (C=O) groups is 1. The van der Waals surface area contributed by atoms with E-state index in [1.807, 2.05) is 6.07 Å². The first kappa shape index (κ1) is 25.2. The highest BCUT2D eigenvalue weighted by molar-refractivity contribution is 7.90. The van der Waals surface area contributed by atoms with Gasteiger partial charge in [-0.1, -0.05) is 23.4 Å². The van der Waals surface area contributed by atoms with Crippen LogP contribution in [-0.4, -0.2) is 49.1 Å². The molecule has 13 heteroatoms. The lowest BCUT2D eigenvalue weighted by atomic mass is 10.2. The van der Waals surface area contributed by atoms with Crippen LogP contribution in [0.2, 0.25) is 0 Å². The van der Waals surface area contributed by atoms with Crippen LogP contribution in [0.15, 0.2) is 63.5 Å². The number of benzene rings is 2. The Balaban J connectivity index is 1.42. The number of halogens is 3. The van der Waals surface area contributed by atoms with Gasteiger partial charge in [0.2, 0.25) is 5.82 Å². The molecule has 1 atom stereocenters. The second-order valence-corrected chi connectivity index (χ2v) is 10.3. The number of alkyl halides is 3. The van der Waals surface area contributed by atoms with Crippen molar-refractivity contribution in [3.8, 4) is 17.1 Å². The monoisotopic (exact) mass is 523 g/mol. The van der Waals surface area contributed by atoms with E-state index in [1.54, 1.807) is 24.3 Å². The van der Waals surface area contributed by atoms with Crippen molar-refractivity contribution in [1.29, 1.82) is 0 Å². The minimum Gasteiger partial charge on any atom is -0.491 e. The number of para-hydroxylation sites is 1. The number of rotatable bonds is 9. The number of furan rings is 1. The number of nitrogens with one attached hydrogen (secondary N) is 1. The smallest absolute Gasteiger partial charge is 0.471 e. The lowest BCUT2D eigenvalue weighted by molar-refractivity contribution is -0.159. The molecule has 1 unspecified atom stereocenters. The molecule has 4 aromatic rings. The van der Waals surface area contributed by atoms with Crippen molar-refractivity contribution in [2.24, 2.45) is 0 Å². The SMILES string of the molecule is CS(=O)(=O)CCC(COc1ccc(-c2noc(C(F)(F)F)n2)cc1)NC(=O)c1cc2ccccc2o1. The van der Waals surface area contributed by atoms with E-state index in [1.165, 1.54) is 24.3 Å². The number of sulfone groups is 1. The Morgan fingerprint density at radius 3 is 2.50 bits per heavy atom. The second-order valence-electron chi connectivity index (χ2n) is 7.99. The second kappa shape index (κ2) is 10.0. The van der Waals surface area contributed by atoms with Gasteiger partial charge in [-0.25, -0.2) is 8.42 Å². The highest BCUT2D eigenvalue weighted by Gasteiger charge is 2.38. The van der Waals surface area contributed by atoms with Gasteiger partial charge in [-0.15, -0.1) is 0 Å². The van der Waals surface area contributed by atoms with Crippen molar-refractivity contribution in [3.05, 3.63) is 66.2 Å². The summed E-state index contributed by atoms with van der Waals surface area (Å²) < 4.78 is 76.8. The summed E-state index contributed by atoms with van der Waals surface area (Å²) in [5, 5.41) is 6.80. The lowest BCUT2D eigenvalue weighted by Crippen LogP contribution is -2.40. The molecule has 4 rings (SSSR count). The van der Waals surface area contributed by atoms with Gasteiger partial charge in [-0.2, -0.15) is 18.2 Å². The maximum Gasteiger partial charge on any atom is 0.471 e. The maximum absolute atomic E-state index is 12.7. The highest BCUT2D eigenvalue weighted by Crippen LogP contribution is 2.29. The molecule has 1 amide bonds. The molecular weight excluding hydrogens is 503 g/mol. The molecule has 0 saturated heterocycles. The van der Waals surface area contributed by atoms with Crippen LogP contribution in [0, 0.1) is 0 Å². The zero-order valence-corrected chi connectivity index (χ0v) is 19.6. The van der Waals surface area contributed by atoms with Gasteiger partial charge >= 0.3 is 12.1 Å². The zero-order chi connectivity index (χ0) is 25.9. The number of hydrogen-bond acceptors (Lipinski definition) is 8. The van der Waals surface area contributed by atoms with E-state index in [4.69, 9.17) is 9.15 Å². The van der Waals surface area contributed by atoms with Crippen LogP contribution in [0.3, 0.4) is 0 Å². The van der Waals surface area contributed by atoms with E-state index >= 15 is 0 Å². The predicted octanol–water partition coefficient (Wildman–Crippen LogP) is 4.11. The Morgan fingerprint density at radius 2 is 1.86 bits per heavy atom. The Morgan fingerprint density at radius 1 is 1.14 bits per heavy atom. The fourth-order valence-electron chi connectivity index (χ4n) is 3.26. The van der Waals surface area contributed by atoms with Gasteiger partial charge in [0.15, 0.2) is 5.76 Å². The van der Waals surface area contributed by atoms with Crippen LogP contribution < -0.4 is 10.1 Å². The van der Waals surface area contributed by atoms with E-state index in [0.29, 0.717) is 11.3 Å². The van der Waals surface area contributed by atoms with Crippen molar-refractivity contribution in [2.45, 2.75) is 18.6 Å². The van der Waals surface area contributed by atoms with Crippen molar-refractivity contribution in [1.82, 2.24) is 15.5 Å². The summed E-state index contributed by atoms with van der Waals surface area (Å²) in [5.41, 5.74) is 0.809. The normalized spacial score (nSPS) is 13.0. The van der Waals surface area contributed by atoms with Crippen LogP contribution >= 0.6 is 0 Å². The summed E-state index contributed by atoms with van der Waals surface area (Å²) in [6.45, 7) is -0.0682. The Labute approximate surface area is 203 Å². The molecule has 0 saturated carbocycles. The molecule has 0 fully saturated rings. The number of carbonyl (C=O) groups excluding carboxylic acids is 1. The van der Waals surface area contributed by atoms with E-state index in [0.717, 1.165) is 11.6 Å². The molecule has 190 valence electrons.